The molecule has 7 unspecified atom stereocenters. The van der Waals surface area contributed by atoms with E-state index < -0.39 is 6.09 Å². The second kappa shape index (κ2) is 9.61. The van der Waals surface area contributed by atoms with E-state index >= 15 is 0 Å². The van der Waals surface area contributed by atoms with Crippen LogP contribution in [0.25, 0.3) is 0 Å². The number of fused-ring (bicyclic) bond motifs is 5. The Kier molecular flexibility index (Phi) is 6.69. The van der Waals surface area contributed by atoms with Gasteiger partial charge in [-0.2, -0.15) is 0 Å². The average molecular weight is 481 g/mol. The van der Waals surface area contributed by atoms with Crippen molar-refractivity contribution in [3.8, 4) is 0 Å². The highest BCUT2D eigenvalue weighted by atomic mass is 16.5. The number of hydrogen-bond acceptors (Lipinski definition) is 4. The Hall–Kier alpha value is -2.34. The maximum atomic E-state index is 12.7. The summed E-state index contributed by atoms with van der Waals surface area (Å²) in [5, 5.41) is 16.1. The molecule has 3 N–H and O–H groups in total. The molecule has 0 aliphatic heterocycles. The number of ether oxygens (including phenoxy) is 1. The summed E-state index contributed by atoms with van der Waals surface area (Å²) in [6, 6.07) is 9.65. The van der Waals surface area contributed by atoms with Crippen molar-refractivity contribution in [1.82, 2.24) is 10.6 Å². The van der Waals surface area contributed by atoms with Crippen molar-refractivity contribution in [1.29, 1.82) is 0 Å². The molecule has 1 aromatic carbocycles. The van der Waals surface area contributed by atoms with E-state index in [9.17, 15) is 14.7 Å². The number of alkyl carbamates (subject to hydrolysis) is 1. The number of amides is 2. The Labute approximate surface area is 208 Å². The normalized spacial score (nSPS) is 37.8. The molecule has 3 saturated carbocycles. The van der Waals surface area contributed by atoms with E-state index in [0.717, 1.165) is 50.5 Å². The molecular weight excluding hydrogens is 440 g/mol. The second-order valence-electron chi connectivity index (χ2n) is 11.8. The van der Waals surface area contributed by atoms with E-state index in [1.54, 1.807) is 0 Å². The van der Waals surface area contributed by atoms with Crippen LogP contribution in [0.15, 0.2) is 42.0 Å². The molecule has 1 aromatic rings. The number of allylic oxidation sites excluding steroid dienone is 1. The summed E-state index contributed by atoms with van der Waals surface area (Å²) in [7, 11) is 0. The predicted molar refractivity (Wildman–Crippen MR) is 134 cm³/mol. The van der Waals surface area contributed by atoms with E-state index in [-0.39, 0.29) is 42.0 Å². The van der Waals surface area contributed by atoms with E-state index in [4.69, 9.17) is 4.74 Å². The molecule has 3 fully saturated rings. The fourth-order valence-electron chi connectivity index (χ4n) is 8.05. The monoisotopic (exact) mass is 480 g/mol. The van der Waals surface area contributed by atoms with Crippen LogP contribution in [0.2, 0.25) is 0 Å². The first-order valence-corrected chi connectivity index (χ1v) is 13.4. The molecule has 6 heteroatoms. The third-order valence-electron chi connectivity index (χ3n) is 10.0. The summed E-state index contributed by atoms with van der Waals surface area (Å²) < 4.78 is 5.22. The van der Waals surface area contributed by atoms with Crippen LogP contribution in [0.1, 0.15) is 70.8 Å². The Morgan fingerprint density at radius 2 is 1.86 bits per heavy atom. The Balaban J connectivity index is 1.15. The lowest BCUT2D eigenvalue weighted by molar-refractivity contribution is -0.122. The van der Waals surface area contributed by atoms with Crippen molar-refractivity contribution in [2.45, 2.75) is 84.0 Å². The zero-order chi connectivity index (χ0) is 24.6. The quantitative estimate of drug-likeness (QED) is 0.532. The number of hydrogen-bond donors (Lipinski definition) is 3. The Bertz CT molecular complexity index is 978. The van der Waals surface area contributed by atoms with Crippen LogP contribution < -0.4 is 10.6 Å². The predicted octanol–water partition coefficient (Wildman–Crippen LogP) is 4.72. The van der Waals surface area contributed by atoms with Gasteiger partial charge in [-0.15, -0.1) is 0 Å². The van der Waals surface area contributed by atoms with Gasteiger partial charge in [0.1, 0.15) is 13.2 Å². The minimum absolute atomic E-state index is 0.0661. The van der Waals surface area contributed by atoms with Crippen molar-refractivity contribution in [3.05, 3.63) is 47.5 Å². The van der Waals surface area contributed by atoms with Gasteiger partial charge in [0.05, 0.1) is 6.10 Å². The van der Waals surface area contributed by atoms with Crippen LogP contribution in [0.5, 0.6) is 0 Å². The molecule has 0 radical (unpaired) electrons. The minimum atomic E-state index is -0.573. The molecule has 2 amide bonds. The summed E-state index contributed by atoms with van der Waals surface area (Å²) in [6.45, 7) is 4.94. The molecule has 4 aliphatic carbocycles. The number of carbonyl (C=O) groups excluding carboxylic acids is 2. The summed E-state index contributed by atoms with van der Waals surface area (Å²) >= 11 is 0. The van der Waals surface area contributed by atoms with Gasteiger partial charge in [0.2, 0.25) is 5.91 Å². The molecule has 5 rings (SSSR count). The van der Waals surface area contributed by atoms with Crippen molar-refractivity contribution >= 4 is 12.0 Å². The van der Waals surface area contributed by atoms with Crippen LogP contribution in [0, 0.1) is 28.6 Å². The molecular formula is C29H40N2O4. The lowest BCUT2D eigenvalue weighted by atomic mass is 9.48. The molecule has 35 heavy (non-hydrogen) atoms. The van der Waals surface area contributed by atoms with Crippen LogP contribution in [0.3, 0.4) is 0 Å². The van der Waals surface area contributed by atoms with Gasteiger partial charge in [0, 0.05) is 6.04 Å². The molecule has 7 atom stereocenters. The largest absolute Gasteiger partial charge is 0.445 e. The summed E-state index contributed by atoms with van der Waals surface area (Å²) in [5.74, 6) is 1.81. The first-order valence-electron chi connectivity index (χ1n) is 13.4. The van der Waals surface area contributed by atoms with Crippen LogP contribution in [0.4, 0.5) is 4.79 Å². The SMILES string of the molecule is CC12CCC(O)CC1=CCC1C2CCC2(C)C(NC(=O)CNC(=O)OCc3ccccc3)CCC12. The van der Waals surface area contributed by atoms with Gasteiger partial charge >= 0.3 is 6.09 Å². The van der Waals surface area contributed by atoms with Gasteiger partial charge < -0.3 is 20.5 Å². The van der Waals surface area contributed by atoms with Crippen molar-refractivity contribution in [2.24, 2.45) is 28.6 Å². The number of aliphatic hydroxyl groups is 1. The smallest absolute Gasteiger partial charge is 0.407 e. The van der Waals surface area contributed by atoms with E-state index in [1.807, 2.05) is 30.3 Å². The maximum absolute atomic E-state index is 12.7. The Morgan fingerprint density at radius 3 is 2.66 bits per heavy atom. The molecule has 0 spiro atoms. The zero-order valence-corrected chi connectivity index (χ0v) is 21.1. The van der Waals surface area contributed by atoms with Crippen LogP contribution >= 0.6 is 0 Å². The summed E-state index contributed by atoms with van der Waals surface area (Å²) in [6.07, 6.45) is 10.1. The van der Waals surface area contributed by atoms with Crippen LogP contribution in [-0.4, -0.2) is 35.8 Å². The summed E-state index contributed by atoms with van der Waals surface area (Å²) in [5.41, 5.74) is 2.74. The lowest BCUT2D eigenvalue weighted by Gasteiger charge is -2.58. The van der Waals surface area contributed by atoms with Gasteiger partial charge in [-0.05, 0) is 85.5 Å². The third-order valence-corrected chi connectivity index (χ3v) is 10.0. The van der Waals surface area contributed by atoms with Crippen molar-refractivity contribution < 1.29 is 19.4 Å². The van der Waals surface area contributed by atoms with E-state index in [2.05, 4.69) is 30.6 Å². The first-order chi connectivity index (χ1) is 16.8. The van der Waals surface area contributed by atoms with Gasteiger partial charge in [-0.1, -0.05) is 55.8 Å². The molecule has 190 valence electrons. The standard InChI is InChI=1S/C29H40N2O4/c1-28-14-12-21(32)16-20(28)8-9-22-23-10-11-25(29(23,2)15-13-24(22)28)31-26(33)17-30-27(34)35-18-19-6-4-3-5-7-19/h3-8,21-25,32H,9-18H2,1-2H3,(H,30,34)(H,31,33). The highest BCUT2D eigenvalue weighted by molar-refractivity contribution is 5.82. The number of aliphatic hydroxyl groups excluding tert-OH is 1. The van der Waals surface area contributed by atoms with Gasteiger partial charge in [-0.25, -0.2) is 4.79 Å². The van der Waals surface area contributed by atoms with E-state index in [0.29, 0.717) is 17.8 Å². The third kappa shape index (κ3) is 4.62. The zero-order valence-electron chi connectivity index (χ0n) is 21.1. The van der Waals surface area contributed by atoms with Crippen LogP contribution in [-0.2, 0) is 16.1 Å². The first kappa shape index (κ1) is 24.4. The number of carbonyl (C=O) groups is 2. The lowest BCUT2D eigenvalue weighted by Crippen LogP contribution is -2.54. The molecule has 0 saturated heterocycles. The van der Waals surface area contributed by atoms with Gasteiger partial charge in [0.15, 0.2) is 0 Å². The van der Waals surface area contributed by atoms with Gasteiger partial charge in [-0.3, -0.25) is 4.79 Å². The van der Waals surface area contributed by atoms with E-state index in [1.165, 1.54) is 12.0 Å². The van der Waals surface area contributed by atoms with Gasteiger partial charge in [0.25, 0.3) is 0 Å². The number of nitrogens with one attached hydrogen (secondary N) is 2. The minimum Gasteiger partial charge on any atom is -0.445 e. The number of benzene rings is 1. The van der Waals surface area contributed by atoms with Crippen molar-refractivity contribution in [2.75, 3.05) is 6.54 Å². The highest BCUT2D eigenvalue weighted by Gasteiger charge is 2.58. The molecule has 0 aromatic heterocycles. The fraction of sp³-hybridized carbons (Fsp3) is 0.655. The topological polar surface area (TPSA) is 87.7 Å². The molecule has 0 heterocycles. The highest BCUT2D eigenvalue weighted by Crippen LogP contribution is 2.64. The molecule has 0 bridgehead atoms. The maximum Gasteiger partial charge on any atom is 0.407 e. The molecule has 6 nitrogen and oxygen atoms in total. The summed E-state index contributed by atoms with van der Waals surface area (Å²) in [4.78, 5) is 24.8. The van der Waals surface area contributed by atoms with Crippen molar-refractivity contribution in [3.63, 3.8) is 0 Å². The Morgan fingerprint density at radius 1 is 1.06 bits per heavy atom. The average Bonchev–Trinajstić information content (AvgIpc) is 3.18. The second-order valence-corrected chi connectivity index (χ2v) is 11.8. The number of rotatable bonds is 5. The fourth-order valence-corrected chi connectivity index (χ4v) is 8.05. The molecule has 4 aliphatic rings.